The van der Waals surface area contributed by atoms with Gasteiger partial charge >= 0.3 is 0 Å². The van der Waals surface area contributed by atoms with Crippen LogP contribution in [-0.2, 0) is 9.05 Å². The number of hydrogen-bond acceptors (Lipinski definition) is 3. The first kappa shape index (κ1) is 10.2. The second-order valence-electron chi connectivity index (χ2n) is 2.90. The van der Waals surface area contributed by atoms with Crippen molar-refractivity contribution in [3.63, 3.8) is 0 Å². The summed E-state index contributed by atoms with van der Waals surface area (Å²) >= 11 is 0. The van der Waals surface area contributed by atoms with Gasteiger partial charge in [-0.25, -0.2) is 13.4 Å². The van der Waals surface area contributed by atoms with E-state index < -0.39 is 9.05 Å². The Kier molecular flexibility index (Phi) is 2.50. The van der Waals surface area contributed by atoms with Crippen molar-refractivity contribution in [1.29, 1.82) is 0 Å². The summed E-state index contributed by atoms with van der Waals surface area (Å²) in [6.45, 7) is 0. The molecule has 0 spiro atoms. The molecular formula is C9H7ClN2O2S. The second kappa shape index (κ2) is 3.67. The number of nitrogens with zero attached hydrogens (tertiary/aromatic N) is 1. The standard InChI is InChI=1S/C9H7ClN2O2S/c10-15(13,14)9-4-2-1-3-7(9)8-5-11-6-12-8/h1-6H,(H,11,12). The summed E-state index contributed by atoms with van der Waals surface area (Å²) in [4.78, 5) is 6.74. The highest BCUT2D eigenvalue weighted by Gasteiger charge is 2.16. The summed E-state index contributed by atoms with van der Waals surface area (Å²) in [5.41, 5.74) is 1.14. The van der Waals surface area contributed by atoms with E-state index in [4.69, 9.17) is 10.7 Å². The van der Waals surface area contributed by atoms with E-state index in [9.17, 15) is 8.42 Å². The number of nitrogens with one attached hydrogen (secondary N) is 1. The van der Waals surface area contributed by atoms with Crippen LogP contribution in [0.2, 0.25) is 0 Å². The number of imidazole rings is 1. The first-order valence-electron chi connectivity index (χ1n) is 4.11. The van der Waals surface area contributed by atoms with Crippen LogP contribution in [0.5, 0.6) is 0 Å². The highest BCUT2D eigenvalue weighted by Crippen LogP contribution is 2.27. The molecule has 0 aliphatic carbocycles. The number of aromatic amines is 1. The molecule has 0 aliphatic heterocycles. The van der Waals surface area contributed by atoms with Crippen molar-refractivity contribution in [3.8, 4) is 11.3 Å². The highest BCUT2D eigenvalue weighted by molar-refractivity contribution is 8.13. The lowest BCUT2D eigenvalue weighted by Gasteiger charge is -2.03. The van der Waals surface area contributed by atoms with Crippen LogP contribution in [-0.4, -0.2) is 18.4 Å². The molecule has 0 fully saturated rings. The Balaban J connectivity index is 2.68. The lowest BCUT2D eigenvalue weighted by molar-refractivity contribution is 0.610. The maximum atomic E-state index is 11.3. The van der Waals surface area contributed by atoms with Gasteiger partial charge in [-0.1, -0.05) is 18.2 Å². The lowest BCUT2D eigenvalue weighted by atomic mass is 10.2. The summed E-state index contributed by atoms with van der Waals surface area (Å²) in [7, 11) is 1.58. The Bertz CT molecular complexity index is 564. The molecule has 0 radical (unpaired) electrons. The predicted molar refractivity (Wildman–Crippen MR) is 57.1 cm³/mol. The average molecular weight is 243 g/mol. The Hall–Kier alpha value is -1.33. The average Bonchev–Trinajstić information content (AvgIpc) is 2.69. The van der Waals surface area contributed by atoms with Crippen molar-refractivity contribution in [1.82, 2.24) is 9.97 Å². The first-order chi connectivity index (χ1) is 7.09. The number of rotatable bonds is 2. The highest BCUT2D eigenvalue weighted by atomic mass is 35.7. The van der Waals surface area contributed by atoms with Crippen molar-refractivity contribution in [2.75, 3.05) is 0 Å². The van der Waals surface area contributed by atoms with Crippen LogP contribution in [0.3, 0.4) is 0 Å². The van der Waals surface area contributed by atoms with E-state index in [1.807, 2.05) is 0 Å². The number of hydrogen-bond donors (Lipinski definition) is 1. The Morgan fingerprint density at radius 2 is 2.00 bits per heavy atom. The van der Waals surface area contributed by atoms with E-state index in [2.05, 4.69) is 9.97 Å². The van der Waals surface area contributed by atoms with Crippen molar-refractivity contribution >= 4 is 19.7 Å². The van der Waals surface area contributed by atoms with Crippen LogP contribution in [0.25, 0.3) is 11.3 Å². The van der Waals surface area contributed by atoms with Crippen LogP contribution in [0.15, 0.2) is 41.7 Å². The van der Waals surface area contributed by atoms with Crippen molar-refractivity contribution < 1.29 is 8.42 Å². The molecule has 0 amide bonds. The quantitative estimate of drug-likeness (QED) is 0.820. The van der Waals surface area contributed by atoms with Gasteiger partial charge in [0.05, 0.1) is 23.1 Å². The molecule has 0 saturated heterocycles. The zero-order valence-electron chi connectivity index (χ0n) is 7.51. The van der Waals surface area contributed by atoms with Gasteiger partial charge in [0.1, 0.15) is 0 Å². The van der Waals surface area contributed by atoms with E-state index in [0.717, 1.165) is 0 Å². The molecule has 2 aromatic rings. The van der Waals surface area contributed by atoms with E-state index >= 15 is 0 Å². The number of halogens is 1. The van der Waals surface area contributed by atoms with E-state index in [-0.39, 0.29) is 4.90 Å². The summed E-state index contributed by atoms with van der Waals surface area (Å²) in [5, 5.41) is 0. The van der Waals surface area contributed by atoms with Crippen LogP contribution in [0, 0.1) is 0 Å². The van der Waals surface area contributed by atoms with Gasteiger partial charge in [0.25, 0.3) is 9.05 Å². The third-order valence-electron chi connectivity index (χ3n) is 1.94. The smallest absolute Gasteiger partial charge is 0.261 e. The summed E-state index contributed by atoms with van der Waals surface area (Å²) in [5.74, 6) is 0. The van der Waals surface area contributed by atoms with E-state index in [1.54, 1.807) is 24.4 Å². The molecule has 4 nitrogen and oxygen atoms in total. The molecule has 1 aromatic carbocycles. The van der Waals surface area contributed by atoms with Crippen LogP contribution < -0.4 is 0 Å². The summed E-state index contributed by atoms with van der Waals surface area (Å²) < 4.78 is 22.6. The second-order valence-corrected chi connectivity index (χ2v) is 5.43. The molecule has 0 unspecified atom stereocenters. The summed E-state index contributed by atoms with van der Waals surface area (Å²) in [6.07, 6.45) is 3.02. The molecule has 1 aromatic heterocycles. The Labute approximate surface area is 91.3 Å². The van der Waals surface area contributed by atoms with Crippen LogP contribution in [0.1, 0.15) is 0 Å². The van der Waals surface area contributed by atoms with Gasteiger partial charge in [-0.15, -0.1) is 0 Å². The third-order valence-corrected chi connectivity index (χ3v) is 3.32. The van der Waals surface area contributed by atoms with E-state index in [1.165, 1.54) is 12.4 Å². The predicted octanol–water partition coefficient (Wildman–Crippen LogP) is 2.00. The molecule has 6 heteroatoms. The van der Waals surface area contributed by atoms with Crippen molar-refractivity contribution in [3.05, 3.63) is 36.8 Å². The zero-order chi connectivity index (χ0) is 10.9. The molecule has 15 heavy (non-hydrogen) atoms. The fourth-order valence-corrected chi connectivity index (χ4v) is 2.39. The normalized spacial score (nSPS) is 11.5. The van der Waals surface area contributed by atoms with Gasteiger partial charge in [0.15, 0.2) is 0 Å². The van der Waals surface area contributed by atoms with Crippen molar-refractivity contribution in [2.24, 2.45) is 0 Å². The molecule has 2 rings (SSSR count). The van der Waals surface area contributed by atoms with Gasteiger partial charge in [0, 0.05) is 16.2 Å². The maximum absolute atomic E-state index is 11.3. The monoisotopic (exact) mass is 242 g/mol. The number of aromatic nitrogens is 2. The SMILES string of the molecule is O=S(=O)(Cl)c1ccccc1-c1cnc[nH]1. The van der Waals surface area contributed by atoms with E-state index in [0.29, 0.717) is 11.3 Å². The summed E-state index contributed by atoms with van der Waals surface area (Å²) in [6, 6.07) is 6.48. The Morgan fingerprint density at radius 3 is 2.60 bits per heavy atom. The van der Waals surface area contributed by atoms with Crippen molar-refractivity contribution in [2.45, 2.75) is 4.90 Å². The fourth-order valence-electron chi connectivity index (χ4n) is 1.30. The van der Waals surface area contributed by atoms with Crippen LogP contribution >= 0.6 is 10.7 Å². The minimum absolute atomic E-state index is 0.0796. The largest absolute Gasteiger partial charge is 0.345 e. The topological polar surface area (TPSA) is 62.8 Å². The number of benzene rings is 1. The lowest BCUT2D eigenvalue weighted by Crippen LogP contribution is -1.94. The van der Waals surface area contributed by atoms with Gasteiger partial charge < -0.3 is 4.98 Å². The maximum Gasteiger partial charge on any atom is 0.261 e. The van der Waals surface area contributed by atoms with Gasteiger partial charge in [-0.05, 0) is 6.07 Å². The van der Waals surface area contributed by atoms with Gasteiger partial charge in [0.2, 0.25) is 0 Å². The minimum atomic E-state index is -3.74. The molecule has 78 valence electrons. The molecule has 0 bridgehead atoms. The molecule has 0 saturated carbocycles. The molecular weight excluding hydrogens is 236 g/mol. The molecule has 1 N–H and O–H groups in total. The number of H-pyrrole nitrogens is 1. The van der Waals surface area contributed by atoms with Gasteiger partial charge in [-0.2, -0.15) is 0 Å². The zero-order valence-corrected chi connectivity index (χ0v) is 9.09. The first-order valence-corrected chi connectivity index (χ1v) is 6.42. The van der Waals surface area contributed by atoms with Gasteiger partial charge in [-0.3, -0.25) is 0 Å². The Morgan fingerprint density at radius 1 is 1.27 bits per heavy atom. The minimum Gasteiger partial charge on any atom is -0.345 e. The molecule has 1 heterocycles. The third kappa shape index (κ3) is 2.03. The molecule has 0 aliphatic rings. The fraction of sp³-hybridized carbons (Fsp3) is 0. The van der Waals surface area contributed by atoms with Crippen LogP contribution in [0.4, 0.5) is 0 Å². The molecule has 0 atom stereocenters.